The Balaban J connectivity index is 2.83. The fraction of sp³-hybridized carbons (Fsp3) is 0.533. The third kappa shape index (κ3) is 4.56. The monoisotopic (exact) mass is 265 g/mol. The highest BCUT2D eigenvalue weighted by Crippen LogP contribution is 2.22. The van der Waals surface area contributed by atoms with Crippen molar-refractivity contribution in [2.45, 2.75) is 52.2 Å². The van der Waals surface area contributed by atoms with Crippen LogP contribution in [0, 0.1) is 6.92 Å². The van der Waals surface area contributed by atoms with Crippen LogP contribution in [0.1, 0.15) is 38.8 Å². The van der Waals surface area contributed by atoms with Gasteiger partial charge in [-0.05, 0) is 51.8 Å². The maximum Gasteiger partial charge on any atom is 0.326 e. The van der Waals surface area contributed by atoms with E-state index in [9.17, 15) is 9.90 Å². The van der Waals surface area contributed by atoms with E-state index in [0.717, 1.165) is 11.1 Å². The summed E-state index contributed by atoms with van der Waals surface area (Å²) in [5.41, 5.74) is 5.95. The number of hydrogen-bond donors (Lipinski definition) is 2. The van der Waals surface area contributed by atoms with Gasteiger partial charge in [0.2, 0.25) is 0 Å². The molecule has 0 unspecified atom stereocenters. The maximum absolute atomic E-state index is 12.0. The van der Waals surface area contributed by atoms with Crippen LogP contribution in [0.25, 0.3) is 0 Å². The van der Waals surface area contributed by atoms with Crippen LogP contribution in [-0.2, 0) is 16.0 Å². The quantitative estimate of drug-likeness (QED) is 0.823. The Labute approximate surface area is 114 Å². The van der Waals surface area contributed by atoms with Crippen LogP contribution in [0.3, 0.4) is 0 Å². The molecule has 0 saturated carbocycles. The first-order valence-electron chi connectivity index (χ1n) is 6.32. The minimum absolute atomic E-state index is 0.206. The number of carbonyl (C=O) groups excluding carboxylic acids is 1. The Morgan fingerprint density at radius 2 is 1.89 bits per heavy atom. The number of nitrogens with two attached hydrogens (primary N) is 1. The van der Waals surface area contributed by atoms with Crippen molar-refractivity contribution in [3.05, 3.63) is 29.3 Å². The van der Waals surface area contributed by atoms with Crippen molar-refractivity contribution in [2.24, 2.45) is 5.73 Å². The number of benzene rings is 1. The highest BCUT2D eigenvalue weighted by atomic mass is 16.6. The van der Waals surface area contributed by atoms with Gasteiger partial charge in [0.05, 0.1) is 0 Å². The first-order chi connectivity index (χ1) is 8.51. The van der Waals surface area contributed by atoms with Gasteiger partial charge in [0.15, 0.2) is 0 Å². The second kappa shape index (κ2) is 5.21. The number of phenolic OH excluding ortho intramolecular Hbond substituents is 1. The molecule has 4 heteroatoms. The first kappa shape index (κ1) is 15.5. The number of aryl methyl sites for hydroxylation is 1. The van der Waals surface area contributed by atoms with E-state index in [2.05, 4.69) is 0 Å². The van der Waals surface area contributed by atoms with Gasteiger partial charge in [-0.3, -0.25) is 4.79 Å². The van der Waals surface area contributed by atoms with Crippen LogP contribution >= 0.6 is 0 Å². The summed E-state index contributed by atoms with van der Waals surface area (Å²) in [5.74, 6) is -0.238. The van der Waals surface area contributed by atoms with Crippen molar-refractivity contribution >= 4 is 5.97 Å². The summed E-state index contributed by atoms with van der Waals surface area (Å²) in [6.07, 6.45) is 0.315. The number of ether oxygens (including phenoxy) is 1. The Hall–Kier alpha value is -1.55. The van der Waals surface area contributed by atoms with Gasteiger partial charge in [0.25, 0.3) is 0 Å². The van der Waals surface area contributed by atoms with Crippen LogP contribution in [0.2, 0.25) is 0 Å². The zero-order valence-corrected chi connectivity index (χ0v) is 12.3. The molecule has 0 spiro atoms. The van der Waals surface area contributed by atoms with Gasteiger partial charge in [0, 0.05) is 6.42 Å². The highest BCUT2D eigenvalue weighted by molar-refractivity contribution is 5.80. The molecule has 0 aliphatic heterocycles. The topological polar surface area (TPSA) is 72.6 Å². The number of hydrogen-bond acceptors (Lipinski definition) is 4. The first-order valence-corrected chi connectivity index (χ1v) is 6.32. The van der Waals surface area contributed by atoms with E-state index in [1.54, 1.807) is 39.8 Å². The molecule has 19 heavy (non-hydrogen) atoms. The third-order valence-electron chi connectivity index (χ3n) is 2.71. The molecule has 0 radical (unpaired) electrons. The van der Waals surface area contributed by atoms with Crippen molar-refractivity contribution in [1.29, 1.82) is 0 Å². The molecule has 1 aromatic carbocycles. The molecule has 1 atom stereocenters. The van der Waals surface area contributed by atoms with E-state index in [1.165, 1.54) is 0 Å². The van der Waals surface area contributed by atoms with Crippen LogP contribution in [0.4, 0.5) is 0 Å². The molecule has 0 bridgehead atoms. The molecule has 0 aromatic heterocycles. The molecule has 0 aliphatic carbocycles. The zero-order chi connectivity index (χ0) is 14.8. The summed E-state index contributed by atoms with van der Waals surface area (Å²) in [6, 6.07) is 5.28. The molecule has 1 aromatic rings. The standard InChI is InChI=1S/C15H23NO3/c1-10-6-7-11(8-12(10)17)9-15(5,16)13(18)19-14(2,3)4/h6-8,17H,9,16H2,1-5H3/t15-/m0/s1. The predicted molar refractivity (Wildman–Crippen MR) is 75.0 cm³/mol. The smallest absolute Gasteiger partial charge is 0.326 e. The molecular formula is C15H23NO3. The SMILES string of the molecule is Cc1ccc(C[C@](C)(N)C(=O)OC(C)(C)C)cc1O. The third-order valence-corrected chi connectivity index (χ3v) is 2.71. The lowest BCUT2D eigenvalue weighted by Crippen LogP contribution is -2.50. The van der Waals surface area contributed by atoms with E-state index in [4.69, 9.17) is 10.5 Å². The second-order valence-electron chi connectivity index (χ2n) is 6.22. The Morgan fingerprint density at radius 1 is 1.32 bits per heavy atom. The molecule has 0 aliphatic rings. The van der Waals surface area contributed by atoms with E-state index in [-0.39, 0.29) is 5.75 Å². The average molecular weight is 265 g/mol. The van der Waals surface area contributed by atoms with Crippen LogP contribution < -0.4 is 5.73 Å². The predicted octanol–water partition coefficient (Wildman–Crippen LogP) is 2.30. The lowest BCUT2D eigenvalue weighted by Gasteiger charge is -2.28. The normalized spacial score (nSPS) is 14.8. The fourth-order valence-electron chi connectivity index (χ4n) is 1.66. The van der Waals surface area contributed by atoms with Gasteiger partial charge in [0.1, 0.15) is 16.9 Å². The Morgan fingerprint density at radius 3 is 2.37 bits per heavy atom. The van der Waals surface area contributed by atoms with E-state index < -0.39 is 17.1 Å². The molecule has 4 nitrogen and oxygen atoms in total. The van der Waals surface area contributed by atoms with Gasteiger partial charge in [-0.2, -0.15) is 0 Å². The van der Waals surface area contributed by atoms with Crippen molar-refractivity contribution in [2.75, 3.05) is 0 Å². The lowest BCUT2D eigenvalue weighted by molar-refractivity contribution is -0.160. The fourth-order valence-corrected chi connectivity index (χ4v) is 1.66. The highest BCUT2D eigenvalue weighted by Gasteiger charge is 2.33. The molecular weight excluding hydrogens is 242 g/mol. The van der Waals surface area contributed by atoms with Gasteiger partial charge in [-0.25, -0.2) is 0 Å². The zero-order valence-electron chi connectivity index (χ0n) is 12.3. The average Bonchev–Trinajstić information content (AvgIpc) is 2.20. The van der Waals surface area contributed by atoms with E-state index >= 15 is 0 Å². The van der Waals surface area contributed by atoms with Crippen molar-refractivity contribution < 1.29 is 14.6 Å². The van der Waals surface area contributed by atoms with Gasteiger partial charge in [-0.15, -0.1) is 0 Å². The molecule has 0 amide bonds. The van der Waals surface area contributed by atoms with Crippen LogP contribution in [-0.4, -0.2) is 22.2 Å². The molecule has 0 fully saturated rings. The number of aromatic hydroxyl groups is 1. The summed E-state index contributed by atoms with van der Waals surface area (Å²) in [5, 5.41) is 9.67. The van der Waals surface area contributed by atoms with E-state index in [0.29, 0.717) is 6.42 Å². The lowest BCUT2D eigenvalue weighted by atomic mass is 9.93. The van der Waals surface area contributed by atoms with E-state index in [1.807, 2.05) is 13.0 Å². The summed E-state index contributed by atoms with van der Waals surface area (Å²) in [6.45, 7) is 8.86. The summed E-state index contributed by atoms with van der Waals surface area (Å²) >= 11 is 0. The number of phenols is 1. The molecule has 106 valence electrons. The summed E-state index contributed by atoms with van der Waals surface area (Å²) < 4.78 is 5.30. The largest absolute Gasteiger partial charge is 0.508 e. The maximum atomic E-state index is 12.0. The Bertz CT molecular complexity index is 473. The second-order valence-corrected chi connectivity index (χ2v) is 6.22. The Kier molecular flexibility index (Phi) is 4.25. The number of carbonyl (C=O) groups is 1. The van der Waals surface area contributed by atoms with Crippen molar-refractivity contribution in [3.8, 4) is 5.75 Å². The minimum atomic E-state index is -1.12. The molecule has 1 rings (SSSR count). The number of esters is 1. The molecule has 3 N–H and O–H groups in total. The van der Waals surface area contributed by atoms with Crippen LogP contribution in [0.15, 0.2) is 18.2 Å². The summed E-state index contributed by atoms with van der Waals surface area (Å²) in [7, 11) is 0. The van der Waals surface area contributed by atoms with Gasteiger partial charge < -0.3 is 15.6 Å². The van der Waals surface area contributed by atoms with Gasteiger partial charge >= 0.3 is 5.97 Å². The van der Waals surface area contributed by atoms with Crippen molar-refractivity contribution in [1.82, 2.24) is 0 Å². The van der Waals surface area contributed by atoms with Gasteiger partial charge in [-0.1, -0.05) is 12.1 Å². The number of rotatable bonds is 3. The summed E-state index contributed by atoms with van der Waals surface area (Å²) in [4.78, 5) is 12.0. The molecule has 0 saturated heterocycles. The molecule has 0 heterocycles. The van der Waals surface area contributed by atoms with Crippen LogP contribution in [0.5, 0.6) is 5.75 Å². The minimum Gasteiger partial charge on any atom is -0.508 e. The van der Waals surface area contributed by atoms with Crippen molar-refractivity contribution in [3.63, 3.8) is 0 Å².